The molecule has 4 nitrogen and oxygen atoms in total. The van der Waals surface area contributed by atoms with Crippen molar-refractivity contribution in [3.8, 4) is 0 Å². The number of carbonyl (C=O) groups is 1. The summed E-state index contributed by atoms with van der Waals surface area (Å²) in [6.07, 6.45) is 6.58. The van der Waals surface area contributed by atoms with Crippen LogP contribution in [0.15, 0.2) is 11.6 Å². The molecule has 94 valence electrons. The van der Waals surface area contributed by atoms with E-state index in [2.05, 4.69) is 12.2 Å². The van der Waals surface area contributed by atoms with Gasteiger partial charge in [0.2, 0.25) is 5.91 Å². The van der Waals surface area contributed by atoms with E-state index in [1.165, 1.54) is 30.6 Å². The highest BCUT2D eigenvalue weighted by molar-refractivity contribution is 7.06. The van der Waals surface area contributed by atoms with Gasteiger partial charge in [0.1, 0.15) is 6.54 Å². The first kappa shape index (κ1) is 12.4. The van der Waals surface area contributed by atoms with Crippen LogP contribution in [0.4, 0.5) is 0 Å². The molecule has 1 aromatic heterocycles. The van der Waals surface area contributed by atoms with Crippen LogP contribution in [0.2, 0.25) is 0 Å². The van der Waals surface area contributed by atoms with Gasteiger partial charge in [-0.2, -0.15) is 0 Å². The Morgan fingerprint density at radius 2 is 2.35 bits per heavy atom. The van der Waals surface area contributed by atoms with Crippen molar-refractivity contribution in [2.45, 2.75) is 45.2 Å². The molecule has 0 radical (unpaired) electrons. The van der Waals surface area contributed by atoms with Gasteiger partial charge in [-0.05, 0) is 18.8 Å². The third-order valence-corrected chi connectivity index (χ3v) is 4.17. The Kier molecular flexibility index (Phi) is 3.99. The Balaban J connectivity index is 1.89. The largest absolute Gasteiger partial charge is 0.352 e. The molecule has 2 rings (SSSR count). The van der Waals surface area contributed by atoms with E-state index in [1.807, 2.05) is 5.38 Å². The third-order valence-electron chi connectivity index (χ3n) is 3.45. The fourth-order valence-corrected chi connectivity index (χ4v) is 2.96. The van der Waals surface area contributed by atoms with Crippen LogP contribution in [-0.2, 0) is 11.3 Å². The first-order chi connectivity index (χ1) is 8.16. The quantitative estimate of drug-likeness (QED) is 0.846. The molecule has 2 unspecified atom stereocenters. The van der Waals surface area contributed by atoms with Crippen molar-refractivity contribution in [3.63, 3.8) is 0 Å². The van der Waals surface area contributed by atoms with Crippen LogP contribution in [0.25, 0.3) is 0 Å². The highest BCUT2D eigenvalue weighted by atomic mass is 32.1. The van der Waals surface area contributed by atoms with Gasteiger partial charge < -0.3 is 9.88 Å². The molecule has 0 spiro atoms. The Morgan fingerprint density at radius 3 is 3.00 bits per heavy atom. The van der Waals surface area contributed by atoms with Crippen LogP contribution >= 0.6 is 11.3 Å². The minimum absolute atomic E-state index is 0.0284. The minimum Gasteiger partial charge on any atom is -0.352 e. The van der Waals surface area contributed by atoms with Crippen molar-refractivity contribution in [2.24, 2.45) is 5.92 Å². The number of amides is 1. The number of thiazole rings is 1. The van der Waals surface area contributed by atoms with Crippen LogP contribution < -0.4 is 10.1 Å². The van der Waals surface area contributed by atoms with Crippen molar-refractivity contribution < 1.29 is 4.79 Å². The zero-order valence-corrected chi connectivity index (χ0v) is 10.9. The Morgan fingerprint density at radius 1 is 1.59 bits per heavy atom. The number of nitrogens with one attached hydrogen (secondary N) is 2. The molecule has 1 fully saturated rings. The highest BCUT2D eigenvalue weighted by Crippen LogP contribution is 2.23. The zero-order chi connectivity index (χ0) is 12.3. The topological polar surface area (TPSA) is 57.9 Å². The van der Waals surface area contributed by atoms with E-state index >= 15 is 0 Å². The van der Waals surface area contributed by atoms with E-state index in [0.29, 0.717) is 16.8 Å². The molecule has 0 saturated heterocycles. The van der Waals surface area contributed by atoms with Crippen LogP contribution in [-0.4, -0.2) is 16.5 Å². The summed E-state index contributed by atoms with van der Waals surface area (Å²) in [7, 11) is 0. The maximum atomic E-state index is 11.9. The molecule has 2 N–H and O–H groups in total. The Bertz CT molecular complexity index is 437. The van der Waals surface area contributed by atoms with Crippen LogP contribution in [0.1, 0.15) is 32.6 Å². The standard InChI is InChI=1S/C12H19N3OS/c1-9-4-2-3-5-10(9)14-11(16)8-15-6-7-17-12(15)13/h6-7,9-10,13H,2-5,8H2,1H3,(H,14,16). The number of nitrogens with zero attached hydrogens (tertiary/aromatic N) is 1. The highest BCUT2D eigenvalue weighted by Gasteiger charge is 2.22. The molecule has 1 aliphatic rings. The van der Waals surface area contributed by atoms with Crippen molar-refractivity contribution in [2.75, 3.05) is 0 Å². The predicted molar refractivity (Wildman–Crippen MR) is 67.7 cm³/mol. The lowest BCUT2D eigenvalue weighted by atomic mass is 9.86. The summed E-state index contributed by atoms with van der Waals surface area (Å²) in [6, 6.07) is 0.324. The van der Waals surface area contributed by atoms with Crippen molar-refractivity contribution in [3.05, 3.63) is 16.4 Å². The normalized spacial score (nSPS) is 24.5. The summed E-state index contributed by atoms with van der Waals surface area (Å²) in [6.45, 7) is 2.48. The lowest BCUT2D eigenvalue weighted by Crippen LogP contribution is -2.43. The molecule has 0 aliphatic heterocycles. The molecule has 1 aliphatic carbocycles. The van der Waals surface area contributed by atoms with Gasteiger partial charge >= 0.3 is 0 Å². The summed E-state index contributed by atoms with van der Waals surface area (Å²) in [5, 5.41) is 12.5. The molecule has 1 aromatic rings. The number of hydrogen-bond donors (Lipinski definition) is 2. The van der Waals surface area contributed by atoms with Gasteiger partial charge in [0.25, 0.3) is 0 Å². The van der Waals surface area contributed by atoms with Gasteiger partial charge in [-0.15, -0.1) is 11.3 Å². The molecular weight excluding hydrogens is 234 g/mol. The second-order valence-electron chi connectivity index (χ2n) is 4.77. The number of hydrogen-bond acceptors (Lipinski definition) is 3. The summed E-state index contributed by atoms with van der Waals surface area (Å²) >= 11 is 1.34. The SMILES string of the molecule is CC1CCCCC1NC(=O)Cn1ccsc1=N. The third kappa shape index (κ3) is 3.19. The van der Waals surface area contributed by atoms with Crippen LogP contribution in [0.3, 0.4) is 0 Å². The molecular formula is C12H19N3OS. The molecule has 1 saturated carbocycles. The van der Waals surface area contributed by atoms with E-state index in [9.17, 15) is 4.79 Å². The fourth-order valence-electron chi connectivity index (χ4n) is 2.37. The fraction of sp³-hybridized carbons (Fsp3) is 0.667. The van der Waals surface area contributed by atoms with Gasteiger partial charge in [0.05, 0.1) is 0 Å². The summed E-state index contributed by atoms with van der Waals surface area (Å²) in [4.78, 5) is 12.3. The molecule has 1 heterocycles. The van der Waals surface area contributed by atoms with E-state index in [0.717, 1.165) is 6.42 Å². The maximum Gasteiger partial charge on any atom is 0.240 e. The van der Waals surface area contributed by atoms with Gasteiger partial charge in [0.15, 0.2) is 4.80 Å². The second kappa shape index (κ2) is 5.49. The van der Waals surface area contributed by atoms with Gasteiger partial charge in [0, 0.05) is 17.6 Å². The summed E-state index contributed by atoms with van der Waals surface area (Å²) < 4.78 is 1.67. The predicted octanol–water partition coefficient (Wildman–Crippen LogP) is 1.72. The summed E-state index contributed by atoms with van der Waals surface area (Å²) in [5.74, 6) is 0.608. The molecule has 0 aromatic carbocycles. The molecule has 17 heavy (non-hydrogen) atoms. The smallest absolute Gasteiger partial charge is 0.240 e. The van der Waals surface area contributed by atoms with Crippen LogP contribution in [0.5, 0.6) is 0 Å². The second-order valence-corrected chi connectivity index (χ2v) is 5.67. The zero-order valence-electron chi connectivity index (χ0n) is 10.1. The Labute approximate surface area is 105 Å². The average Bonchev–Trinajstić information content (AvgIpc) is 2.68. The van der Waals surface area contributed by atoms with Gasteiger partial charge in [-0.3, -0.25) is 10.2 Å². The van der Waals surface area contributed by atoms with Crippen LogP contribution in [0, 0.1) is 11.3 Å². The Hall–Kier alpha value is -1.10. The van der Waals surface area contributed by atoms with Gasteiger partial charge in [-0.1, -0.05) is 19.8 Å². The van der Waals surface area contributed by atoms with E-state index in [1.54, 1.807) is 10.8 Å². The molecule has 0 bridgehead atoms. The monoisotopic (exact) mass is 253 g/mol. The number of aromatic nitrogens is 1. The van der Waals surface area contributed by atoms with Gasteiger partial charge in [-0.25, -0.2) is 0 Å². The molecule has 5 heteroatoms. The van der Waals surface area contributed by atoms with E-state index in [4.69, 9.17) is 5.41 Å². The first-order valence-electron chi connectivity index (χ1n) is 6.14. The molecule has 1 amide bonds. The first-order valence-corrected chi connectivity index (χ1v) is 7.02. The van der Waals surface area contributed by atoms with E-state index in [-0.39, 0.29) is 12.5 Å². The average molecular weight is 253 g/mol. The number of rotatable bonds is 3. The van der Waals surface area contributed by atoms with E-state index < -0.39 is 0 Å². The maximum absolute atomic E-state index is 11.9. The van der Waals surface area contributed by atoms with Crippen molar-refractivity contribution in [1.29, 1.82) is 5.41 Å². The lowest BCUT2D eigenvalue weighted by molar-refractivity contribution is -0.123. The number of carbonyl (C=O) groups excluding carboxylic acids is 1. The minimum atomic E-state index is 0.0284. The lowest BCUT2D eigenvalue weighted by Gasteiger charge is -2.29. The summed E-state index contributed by atoms with van der Waals surface area (Å²) in [5.41, 5.74) is 0. The van der Waals surface area contributed by atoms with Crippen molar-refractivity contribution in [1.82, 2.24) is 9.88 Å². The molecule has 2 atom stereocenters. The van der Waals surface area contributed by atoms with Crippen molar-refractivity contribution >= 4 is 17.2 Å².